The smallest absolute Gasteiger partial charge is 0.224 e. The predicted molar refractivity (Wildman–Crippen MR) is 80.2 cm³/mol. The van der Waals surface area contributed by atoms with Crippen molar-refractivity contribution >= 4 is 5.91 Å². The molecule has 1 aliphatic heterocycles. The Kier molecular flexibility index (Phi) is 5.99. The second-order valence-corrected chi connectivity index (χ2v) is 5.57. The Balaban J connectivity index is 1.80. The lowest BCUT2D eigenvalue weighted by atomic mass is 9.96. The van der Waals surface area contributed by atoms with Crippen LogP contribution >= 0.6 is 0 Å². The molecule has 1 atom stereocenters. The van der Waals surface area contributed by atoms with Gasteiger partial charge in [0.05, 0.1) is 5.92 Å². The summed E-state index contributed by atoms with van der Waals surface area (Å²) in [5.74, 6) is 0.389. The van der Waals surface area contributed by atoms with E-state index in [0.29, 0.717) is 0 Å². The van der Waals surface area contributed by atoms with Gasteiger partial charge in [0.25, 0.3) is 0 Å². The molecule has 20 heavy (non-hydrogen) atoms. The summed E-state index contributed by atoms with van der Waals surface area (Å²) in [6, 6.07) is 4.09. The van der Waals surface area contributed by atoms with Gasteiger partial charge >= 0.3 is 0 Å². The van der Waals surface area contributed by atoms with Gasteiger partial charge in [0.2, 0.25) is 5.91 Å². The topological polar surface area (TPSA) is 45.2 Å². The molecular formula is C16H25N3O. The Morgan fingerprint density at radius 3 is 3.00 bits per heavy atom. The zero-order valence-electron chi connectivity index (χ0n) is 12.3. The Hall–Kier alpha value is -1.42. The van der Waals surface area contributed by atoms with Crippen LogP contribution in [0.4, 0.5) is 0 Å². The second kappa shape index (κ2) is 8.00. The van der Waals surface area contributed by atoms with E-state index < -0.39 is 0 Å². The standard InChI is InChI=1S/C16H25N3O/c1-2-3-8-18-16(20)15-5-4-11-19(13-15)12-14-6-9-17-10-7-14/h6-7,9-10,15H,2-5,8,11-13H2,1H3,(H,18,20). The van der Waals surface area contributed by atoms with Crippen LogP contribution in [0.1, 0.15) is 38.2 Å². The summed E-state index contributed by atoms with van der Waals surface area (Å²) < 4.78 is 0. The molecule has 0 saturated carbocycles. The van der Waals surface area contributed by atoms with Gasteiger partial charge in [-0.05, 0) is 43.5 Å². The fourth-order valence-electron chi connectivity index (χ4n) is 2.69. The Morgan fingerprint density at radius 2 is 2.25 bits per heavy atom. The summed E-state index contributed by atoms with van der Waals surface area (Å²) >= 11 is 0. The molecule has 0 spiro atoms. The van der Waals surface area contributed by atoms with Crippen LogP contribution < -0.4 is 5.32 Å². The van der Waals surface area contributed by atoms with E-state index in [-0.39, 0.29) is 11.8 Å². The molecule has 1 aliphatic rings. The molecule has 0 bridgehead atoms. The number of carbonyl (C=O) groups is 1. The molecule has 1 fully saturated rings. The van der Waals surface area contributed by atoms with Gasteiger partial charge in [-0.3, -0.25) is 14.7 Å². The third-order valence-corrected chi connectivity index (χ3v) is 3.86. The molecule has 1 aromatic rings. The highest BCUT2D eigenvalue weighted by molar-refractivity contribution is 5.78. The minimum absolute atomic E-state index is 0.155. The van der Waals surface area contributed by atoms with E-state index in [9.17, 15) is 4.79 Å². The SMILES string of the molecule is CCCCNC(=O)C1CCCN(Cc2ccncc2)C1. The zero-order chi connectivity index (χ0) is 14.2. The fraction of sp³-hybridized carbons (Fsp3) is 0.625. The summed E-state index contributed by atoms with van der Waals surface area (Å²) in [5.41, 5.74) is 1.27. The van der Waals surface area contributed by atoms with Crippen LogP contribution in [0.2, 0.25) is 0 Å². The highest BCUT2D eigenvalue weighted by Crippen LogP contribution is 2.18. The number of hydrogen-bond donors (Lipinski definition) is 1. The minimum Gasteiger partial charge on any atom is -0.356 e. The van der Waals surface area contributed by atoms with E-state index in [1.165, 1.54) is 5.56 Å². The van der Waals surface area contributed by atoms with Crippen LogP contribution in [-0.4, -0.2) is 35.4 Å². The molecule has 1 N–H and O–H groups in total. The van der Waals surface area contributed by atoms with Crippen LogP contribution in [0.15, 0.2) is 24.5 Å². The van der Waals surface area contributed by atoms with Gasteiger partial charge < -0.3 is 5.32 Å². The molecule has 2 rings (SSSR count). The van der Waals surface area contributed by atoms with Crippen molar-refractivity contribution in [2.45, 2.75) is 39.2 Å². The van der Waals surface area contributed by atoms with E-state index in [1.54, 1.807) is 0 Å². The minimum atomic E-state index is 0.155. The number of unbranched alkanes of at least 4 members (excludes halogenated alkanes) is 1. The summed E-state index contributed by atoms with van der Waals surface area (Å²) in [6.45, 7) is 5.84. The third kappa shape index (κ3) is 4.60. The normalized spacial score (nSPS) is 19.8. The maximum absolute atomic E-state index is 12.1. The number of hydrogen-bond acceptors (Lipinski definition) is 3. The molecule has 1 amide bonds. The lowest BCUT2D eigenvalue weighted by Crippen LogP contribution is -2.42. The molecule has 4 nitrogen and oxygen atoms in total. The Bertz CT molecular complexity index is 407. The van der Waals surface area contributed by atoms with Crippen molar-refractivity contribution in [3.05, 3.63) is 30.1 Å². The summed E-state index contributed by atoms with van der Waals surface area (Å²) in [4.78, 5) is 18.5. The average molecular weight is 275 g/mol. The molecule has 1 aromatic heterocycles. The number of nitrogens with one attached hydrogen (secondary N) is 1. The number of piperidine rings is 1. The highest BCUT2D eigenvalue weighted by atomic mass is 16.1. The maximum atomic E-state index is 12.1. The average Bonchev–Trinajstić information content (AvgIpc) is 2.49. The van der Waals surface area contributed by atoms with Gasteiger partial charge in [-0.25, -0.2) is 0 Å². The van der Waals surface area contributed by atoms with Crippen molar-refractivity contribution in [1.29, 1.82) is 0 Å². The van der Waals surface area contributed by atoms with Gasteiger partial charge in [-0.15, -0.1) is 0 Å². The largest absolute Gasteiger partial charge is 0.356 e. The van der Waals surface area contributed by atoms with Gasteiger partial charge in [0.15, 0.2) is 0 Å². The molecule has 1 unspecified atom stereocenters. The van der Waals surface area contributed by atoms with Crippen molar-refractivity contribution in [1.82, 2.24) is 15.2 Å². The van der Waals surface area contributed by atoms with Gasteiger partial charge in [0, 0.05) is 32.0 Å². The predicted octanol–water partition coefficient (Wildman–Crippen LogP) is 2.21. The summed E-state index contributed by atoms with van der Waals surface area (Å²) in [6.07, 6.45) is 7.97. The van der Waals surface area contributed by atoms with E-state index >= 15 is 0 Å². The molecule has 110 valence electrons. The van der Waals surface area contributed by atoms with E-state index in [4.69, 9.17) is 0 Å². The number of pyridine rings is 1. The van der Waals surface area contributed by atoms with Crippen molar-refractivity contribution in [3.8, 4) is 0 Å². The van der Waals surface area contributed by atoms with Gasteiger partial charge in [0.1, 0.15) is 0 Å². The molecular weight excluding hydrogens is 250 g/mol. The molecule has 1 saturated heterocycles. The second-order valence-electron chi connectivity index (χ2n) is 5.57. The van der Waals surface area contributed by atoms with Gasteiger partial charge in [-0.1, -0.05) is 13.3 Å². The first-order chi connectivity index (χ1) is 9.79. The van der Waals surface area contributed by atoms with E-state index in [0.717, 1.165) is 51.9 Å². The number of aromatic nitrogens is 1. The third-order valence-electron chi connectivity index (χ3n) is 3.86. The van der Waals surface area contributed by atoms with Gasteiger partial charge in [-0.2, -0.15) is 0 Å². The van der Waals surface area contributed by atoms with E-state index in [2.05, 4.69) is 22.1 Å². The fourth-order valence-corrected chi connectivity index (χ4v) is 2.69. The van der Waals surface area contributed by atoms with Crippen molar-refractivity contribution in [2.75, 3.05) is 19.6 Å². The quantitative estimate of drug-likeness (QED) is 0.810. The van der Waals surface area contributed by atoms with Crippen molar-refractivity contribution in [2.24, 2.45) is 5.92 Å². The number of rotatable bonds is 6. The number of nitrogens with zero attached hydrogens (tertiary/aromatic N) is 2. The number of amides is 1. The monoisotopic (exact) mass is 275 g/mol. The molecule has 0 aromatic carbocycles. The van der Waals surface area contributed by atoms with Crippen LogP contribution in [0.25, 0.3) is 0 Å². The molecule has 4 heteroatoms. The van der Waals surface area contributed by atoms with Crippen LogP contribution in [0, 0.1) is 5.92 Å². The first-order valence-electron chi connectivity index (χ1n) is 7.68. The zero-order valence-corrected chi connectivity index (χ0v) is 12.3. The molecule has 0 aliphatic carbocycles. The lowest BCUT2D eigenvalue weighted by molar-refractivity contribution is -0.126. The van der Waals surface area contributed by atoms with Crippen molar-refractivity contribution < 1.29 is 4.79 Å². The molecule has 2 heterocycles. The number of likely N-dealkylation sites (tertiary alicyclic amines) is 1. The Morgan fingerprint density at radius 1 is 1.45 bits per heavy atom. The van der Waals surface area contributed by atoms with E-state index in [1.807, 2.05) is 24.5 Å². The Labute approximate surface area is 121 Å². The lowest BCUT2D eigenvalue weighted by Gasteiger charge is -2.32. The number of carbonyl (C=O) groups excluding carboxylic acids is 1. The highest BCUT2D eigenvalue weighted by Gasteiger charge is 2.25. The molecule has 0 radical (unpaired) electrons. The van der Waals surface area contributed by atoms with Crippen LogP contribution in [-0.2, 0) is 11.3 Å². The maximum Gasteiger partial charge on any atom is 0.224 e. The first-order valence-corrected chi connectivity index (χ1v) is 7.68. The van der Waals surface area contributed by atoms with Crippen LogP contribution in [0.3, 0.4) is 0 Å². The summed E-state index contributed by atoms with van der Waals surface area (Å²) in [5, 5.41) is 3.06. The summed E-state index contributed by atoms with van der Waals surface area (Å²) in [7, 11) is 0. The first kappa shape index (κ1) is 15.0. The van der Waals surface area contributed by atoms with Crippen LogP contribution in [0.5, 0.6) is 0 Å². The van der Waals surface area contributed by atoms with Crippen molar-refractivity contribution in [3.63, 3.8) is 0 Å².